The number of benzene rings is 3. The van der Waals surface area contributed by atoms with Crippen LogP contribution in [-0.2, 0) is 21.3 Å². The summed E-state index contributed by atoms with van der Waals surface area (Å²) in [5.41, 5.74) is 2.42. The van der Waals surface area contributed by atoms with Crippen molar-refractivity contribution in [2.75, 3.05) is 18.4 Å². The van der Waals surface area contributed by atoms with Crippen LogP contribution in [0.2, 0.25) is 0 Å². The highest BCUT2D eigenvalue weighted by Gasteiger charge is 2.20. The fourth-order valence-corrected chi connectivity index (χ4v) is 5.29. The topological polar surface area (TPSA) is 110 Å². The van der Waals surface area contributed by atoms with E-state index in [0.717, 1.165) is 23.9 Å². The number of carbonyl (C=O) groups is 1. The number of rotatable bonds is 11. The lowest BCUT2D eigenvalue weighted by Gasteiger charge is -2.28. The number of anilines is 1. The molecule has 0 spiro atoms. The molecule has 3 N–H and O–H groups in total. The van der Waals surface area contributed by atoms with Gasteiger partial charge in [-0.2, -0.15) is 0 Å². The Kier molecular flexibility index (Phi) is 8.20. The summed E-state index contributed by atoms with van der Waals surface area (Å²) in [6.07, 6.45) is 2.06. The predicted molar refractivity (Wildman–Crippen MR) is 149 cm³/mol. The molecule has 0 saturated carbocycles. The van der Waals surface area contributed by atoms with Crippen molar-refractivity contribution >= 4 is 32.6 Å². The molecule has 0 fully saturated rings. The van der Waals surface area contributed by atoms with Gasteiger partial charge in [0.1, 0.15) is 0 Å². The number of aromatic nitrogens is 1. The lowest BCUT2D eigenvalue weighted by molar-refractivity contribution is 0.0601. The van der Waals surface area contributed by atoms with E-state index in [1.54, 1.807) is 48.5 Å². The van der Waals surface area contributed by atoms with E-state index in [-0.39, 0.29) is 16.4 Å². The number of hydrogen-bond acceptors (Lipinski definition) is 6. The van der Waals surface area contributed by atoms with E-state index >= 15 is 0 Å². The van der Waals surface area contributed by atoms with Crippen molar-refractivity contribution in [3.8, 4) is 0 Å². The number of esters is 1. The molecule has 3 aromatic carbocycles. The summed E-state index contributed by atoms with van der Waals surface area (Å²) in [5.74, 6) is -0.355. The van der Waals surface area contributed by atoms with Crippen molar-refractivity contribution in [3.63, 3.8) is 0 Å². The first kappa shape index (κ1) is 27.4. The van der Waals surface area contributed by atoms with Crippen molar-refractivity contribution in [1.82, 2.24) is 9.88 Å². The van der Waals surface area contributed by atoms with E-state index in [1.807, 2.05) is 24.4 Å². The fraction of sp³-hybridized carbons (Fsp3) is 0.276. The standard InChI is InChI=1S/C29H33N3O5S/c1-29(2,16-18-32-17-15-22-19-23(28(34)37-3)11-14-26(22)32)30-20-27(33)21-9-12-24(13-10-21)31-38(35,36)25-7-5-4-6-8-25/h4-15,17,19,27,30-31,33H,16,18,20H2,1-3H3/t27-/m0/s1. The quantitative estimate of drug-likeness (QED) is 0.240. The lowest BCUT2D eigenvalue weighted by atomic mass is 9.99. The molecule has 0 unspecified atom stereocenters. The van der Waals surface area contributed by atoms with Crippen LogP contribution in [0, 0.1) is 0 Å². The van der Waals surface area contributed by atoms with Gasteiger partial charge in [-0.3, -0.25) is 4.72 Å². The summed E-state index contributed by atoms with van der Waals surface area (Å²) >= 11 is 0. The summed E-state index contributed by atoms with van der Waals surface area (Å²) in [7, 11) is -2.30. The third-order valence-corrected chi connectivity index (χ3v) is 7.94. The maximum Gasteiger partial charge on any atom is 0.337 e. The number of hydrogen-bond donors (Lipinski definition) is 3. The van der Waals surface area contributed by atoms with Crippen molar-refractivity contribution in [2.45, 2.75) is 43.4 Å². The lowest BCUT2D eigenvalue weighted by Crippen LogP contribution is -2.42. The molecular weight excluding hydrogens is 502 g/mol. The number of methoxy groups -OCH3 is 1. The number of sulfonamides is 1. The molecule has 0 saturated heterocycles. The monoisotopic (exact) mass is 535 g/mol. The van der Waals surface area contributed by atoms with Gasteiger partial charge in [0.2, 0.25) is 0 Å². The Labute approximate surface area is 223 Å². The van der Waals surface area contributed by atoms with Crippen LogP contribution in [0.1, 0.15) is 42.3 Å². The zero-order valence-electron chi connectivity index (χ0n) is 21.7. The largest absolute Gasteiger partial charge is 0.465 e. The van der Waals surface area contributed by atoms with Gasteiger partial charge in [0, 0.05) is 41.4 Å². The molecule has 9 heteroatoms. The predicted octanol–water partition coefficient (Wildman–Crippen LogP) is 4.72. The van der Waals surface area contributed by atoms with Crippen LogP contribution in [0.4, 0.5) is 5.69 Å². The van der Waals surface area contributed by atoms with Crippen LogP contribution in [-0.4, -0.2) is 43.3 Å². The van der Waals surface area contributed by atoms with Gasteiger partial charge in [-0.05, 0) is 74.4 Å². The average Bonchev–Trinajstić information content (AvgIpc) is 3.33. The number of aliphatic hydroxyl groups is 1. The van der Waals surface area contributed by atoms with Gasteiger partial charge in [0.25, 0.3) is 10.0 Å². The second-order valence-corrected chi connectivity index (χ2v) is 11.5. The first-order valence-electron chi connectivity index (χ1n) is 12.4. The van der Waals surface area contributed by atoms with Gasteiger partial charge in [-0.25, -0.2) is 13.2 Å². The summed E-state index contributed by atoms with van der Waals surface area (Å²) in [6, 6.07) is 22.4. The second kappa shape index (κ2) is 11.4. The van der Waals surface area contributed by atoms with E-state index in [1.165, 1.54) is 19.2 Å². The van der Waals surface area contributed by atoms with Crippen LogP contribution in [0.15, 0.2) is 90.0 Å². The third kappa shape index (κ3) is 6.61. The van der Waals surface area contributed by atoms with Crippen LogP contribution < -0.4 is 10.0 Å². The molecule has 0 aliphatic rings. The fourth-order valence-electron chi connectivity index (χ4n) is 4.21. The van der Waals surface area contributed by atoms with E-state index < -0.39 is 16.1 Å². The average molecular weight is 536 g/mol. The van der Waals surface area contributed by atoms with E-state index in [4.69, 9.17) is 4.74 Å². The second-order valence-electron chi connectivity index (χ2n) is 9.85. The number of nitrogens with one attached hydrogen (secondary N) is 2. The summed E-state index contributed by atoms with van der Waals surface area (Å²) in [5, 5.41) is 15.1. The highest BCUT2D eigenvalue weighted by atomic mass is 32.2. The first-order chi connectivity index (χ1) is 18.1. The molecule has 0 bridgehead atoms. The Morgan fingerprint density at radius 1 is 1.03 bits per heavy atom. The van der Waals surface area contributed by atoms with Gasteiger partial charge >= 0.3 is 5.97 Å². The molecule has 0 amide bonds. The summed E-state index contributed by atoms with van der Waals surface area (Å²) in [6.45, 7) is 5.27. The van der Waals surface area contributed by atoms with Crippen LogP contribution >= 0.6 is 0 Å². The van der Waals surface area contributed by atoms with Gasteiger partial charge in [0.05, 0.1) is 23.7 Å². The third-order valence-electron chi connectivity index (χ3n) is 6.54. The normalized spacial score (nSPS) is 12.8. The Balaban J connectivity index is 1.31. The van der Waals surface area contributed by atoms with Crippen molar-refractivity contribution < 1.29 is 23.1 Å². The van der Waals surface area contributed by atoms with E-state index in [9.17, 15) is 18.3 Å². The molecule has 4 rings (SSSR count). The van der Waals surface area contributed by atoms with Crippen LogP contribution in [0.5, 0.6) is 0 Å². The molecule has 8 nitrogen and oxygen atoms in total. The highest BCUT2D eigenvalue weighted by molar-refractivity contribution is 7.92. The Morgan fingerprint density at radius 2 is 1.74 bits per heavy atom. The number of aliphatic hydroxyl groups excluding tert-OH is 1. The van der Waals surface area contributed by atoms with E-state index in [0.29, 0.717) is 23.4 Å². The molecule has 1 aromatic heterocycles. The molecule has 0 aliphatic carbocycles. The Morgan fingerprint density at radius 3 is 2.42 bits per heavy atom. The van der Waals surface area contributed by atoms with Crippen molar-refractivity contribution in [3.05, 3.63) is 96.2 Å². The van der Waals surface area contributed by atoms with E-state index in [2.05, 4.69) is 28.5 Å². The summed E-state index contributed by atoms with van der Waals surface area (Å²) in [4.78, 5) is 12.0. The molecular formula is C29H33N3O5S. The zero-order chi connectivity index (χ0) is 27.3. The molecule has 200 valence electrons. The number of carbonyl (C=O) groups excluding carboxylic acids is 1. The number of β-amino-alcohol motifs (C(OH)–C–C–N with tert-alkyl or cyclic N) is 1. The molecule has 1 atom stereocenters. The van der Waals surface area contributed by atoms with Gasteiger partial charge in [-0.15, -0.1) is 0 Å². The number of fused-ring (bicyclic) bond motifs is 1. The first-order valence-corrected chi connectivity index (χ1v) is 13.8. The van der Waals surface area contributed by atoms with Gasteiger partial charge in [0.15, 0.2) is 0 Å². The SMILES string of the molecule is COC(=O)c1ccc2c(ccn2CCC(C)(C)NC[C@H](O)c2ccc(NS(=O)(=O)c3ccccc3)cc2)c1. The van der Waals surface area contributed by atoms with Crippen molar-refractivity contribution in [2.24, 2.45) is 0 Å². The van der Waals surface area contributed by atoms with Crippen LogP contribution in [0.3, 0.4) is 0 Å². The minimum Gasteiger partial charge on any atom is -0.465 e. The Bertz CT molecular complexity index is 1500. The number of nitrogens with zero attached hydrogens (tertiary/aromatic N) is 1. The van der Waals surface area contributed by atoms with Gasteiger partial charge < -0.3 is 19.7 Å². The minimum atomic E-state index is -3.67. The van der Waals surface area contributed by atoms with Crippen LogP contribution in [0.25, 0.3) is 10.9 Å². The smallest absolute Gasteiger partial charge is 0.337 e. The maximum atomic E-state index is 12.5. The van der Waals surface area contributed by atoms with Crippen molar-refractivity contribution in [1.29, 1.82) is 0 Å². The molecule has 1 heterocycles. The minimum absolute atomic E-state index is 0.189. The molecule has 4 aromatic rings. The number of ether oxygens (including phenoxy) is 1. The molecule has 0 radical (unpaired) electrons. The highest BCUT2D eigenvalue weighted by Crippen LogP contribution is 2.22. The number of aryl methyl sites for hydroxylation is 1. The molecule has 0 aliphatic heterocycles. The maximum absolute atomic E-state index is 12.5. The Hall–Kier alpha value is -3.66. The summed E-state index contributed by atoms with van der Waals surface area (Å²) < 4.78 is 34.5. The van der Waals surface area contributed by atoms with Gasteiger partial charge in [-0.1, -0.05) is 30.3 Å². The zero-order valence-corrected chi connectivity index (χ0v) is 22.5. The molecule has 38 heavy (non-hydrogen) atoms.